The number of amides is 1. The fourth-order valence-corrected chi connectivity index (χ4v) is 2.93. The van der Waals surface area contributed by atoms with Crippen LogP contribution in [0.25, 0.3) is 11.5 Å². The highest BCUT2D eigenvalue weighted by molar-refractivity contribution is 5.95. The number of nitrogens with one attached hydrogen (secondary N) is 1. The Balaban J connectivity index is 1.43. The molecule has 4 rings (SSSR count). The molecule has 0 atom stereocenters. The largest absolute Gasteiger partial charge is 0.493 e. The maximum Gasteiger partial charge on any atom is 0.253 e. The molecule has 0 radical (unpaired) electrons. The van der Waals surface area contributed by atoms with Gasteiger partial charge in [0, 0.05) is 17.5 Å². The van der Waals surface area contributed by atoms with Gasteiger partial charge in [-0.1, -0.05) is 0 Å². The van der Waals surface area contributed by atoms with Crippen LogP contribution in [0.4, 0.5) is 0 Å². The molecule has 1 aliphatic rings. The summed E-state index contributed by atoms with van der Waals surface area (Å²) in [6, 6.07) is 9.06. The molecule has 1 aromatic carbocycles. The molecule has 1 N–H and O–H groups in total. The summed E-state index contributed by atoms with van der Waals surface area (Å²) in [5.74, 6) is 2.27. The van der Waals surface area contributed by atoms with Crippen LogP contribution in [0.1, 0.15) is 34.6 Å². The second-order valence-electron chi connectivity index (χ2n) is 7.08. The molecule has 1 saturated carbocycles. The van der Waals surface area contributed by atoms with Crippen molar-refractivity contribution in [3.8, 4) is 23.0 Å². The molecule has 0 spiro atoms. The van der Waals surface area contributed by atoms with E-state index in [2.05, 4.69) is 15.3 Å². The molecule has 0 bridgehead atoms. The fourth-order valence-electron chi connectivity index (χ4n) is 2.93. The summed E-state index contributed by atoms with van der Waals surface area (Å²) in [6.07, 6.45) is 5.64. The normalized spacial score (nSPS) is 13.2. The molecular weight excluding hydrogens is 370 g/mol. The number of methoxy groups -OCH3 is 1. The number of benzene rings is 1. The predicted molar refractivity (Wildman–Crippen MR) is 107 cm³/mol. The van der Waals surface area contributed by atoms with Crippen LogP contribution in [-0.4, -0.2) is 29.6 Å². The molecule has 1 fully saturated rings. The standard InChI is InChI=1S/C22H23N3O4/c1-14-18(4-3-9-23-14)21(26)24-11-17-13-29-22(25-17)16-7-8-19(27-2)20(10-16)28-12-15-5-6-15/h3-4,7-10,13,15H,5-6,11-12H2,1-2H3,(H,24,26). The Morgan fingerprint density at radius 2 is 2.14 bits per heavy atom. The van der Waals surface area contributed by atoms with Crippen LogP contribution in [0.2, 0.25) is 0 Å². The number of nitrogens with zero attached hydrogens (tertiary/aromatic N) is 2. The highest BCUT2D eigenvalue weighted by atomic mass is 16.5. The van der Waals surface area contributed by atoms with E-state index in [4.69, 9.17) is 13.9 Å². The number of hydrogen-bond acceptors (Lipinski definition) is 6. The van der Waals surface area contributed by atoms with Crippen LogP contribution < -0.4 is 14.8 Å². The van der Waals surface area contributed by atoms with Crippen LogP contribution >= 0.6 is 0 Å². The average molecular weight is 393 g/mol. The molecule has 29 heavy (non-hydrogen) atoms. The van der Waals surface area contributed by atoms with Gasteiger partial charge in [-0.25, -0.2) is 4.98 Å². The van der Waals surface area contributed by atoms with Gasteiger partial charge in [-0.2, -0.15) is 0 Å². The first kappa shape index (κ1) is 19.0. The van der Waals surface area contributed by atoms with Gasteiger partial charge in [-0.3, -0.25) is 9.78 Å². The summed E-state index contributed by atoms with van der Waals surface area (Å²) in [6.45, 7) is 2.75. The molecule has 3 aromatic rings. The van der Waals surface area contributed by atoms with Crippen molar-refractivity contribution < 1.29 is 18.7 Å². The van der Waals surface area contributed by atoms with Crippen molar-refractivity contribution in [2.24, 2.45) is 5.92 Å². The Morgan fingerprint density at radius 1 is 1.28 bits per heavy atom. The number of pyridine rings is 1. The van der Waals surface area contributed by atoms with Crippen LogP contribution in [0.5, 0.6) is 11.5 Å². The SMILES string of the molecule is COc1ccc(-c2nc(CNC(=O)c3cccnc3C)co2)cc1OCC1CC1. The monoisotopic (exact) mass is 393 g/mol. The van der Waals surface area contributed by atoms with Gasteiger partial charge >= 0.3 is 0 Å². The zero-order chi connectivity index (χ0) is 20.2. The van der Waals surface area contributed by atoms with E-state index in [9.17, 15) is 4.79 Å². The lowest BCUT2D eigenvalue weighted by atomic mass is 10.2. The summed E-state index contributed by atoms with van der Waals surface area (Å²) in [5, 5.41) is 2.84. The summed E-state index contributed by atoms with van der Waals surface area (Å²) < 4.78 is 16.9. The van der Waals surface area contributed by atoms with Crippen LogP contribution in [0.15, 0.2) is 47.2 Å². The number of aryl methyl sites for hydroxylation is 1. The topological polar surface area (TPSA) is 86.5 Å². The van der Waals surface area contributed by atoms with Gasteiger partial charge in [0.2, 0.25) is 5.89 Å². The third-order valence-electron chi connectivity index (χ3n) is 4.82. The second kappa shape index (κ2) is 8.34. The Morgan fingerprint density at radius 3 is 2.90 bits per heavy atom. The number of carbonyl (C=O) groups is 1. The first-order valence-corrected chi connectivity index (χ1v) is 9.59. The maximum absolute atomic E-state index is 12.3. The van der Waals surface area contributed by atoms with Crippen LogP contribution in [0, 0.1) is 12.8 Å². The van der Waals surface area contributed by atoms with E-state index >= 15 is 0 Å². The number of hydrogen-bond donors (Lipinski definition) is 1. The van der Waals surface area contributed by atoms with Crippen molar-refractivity contribution in [2.45, 2.75) is 26.3 Å². The molecule has 150 valence electrons. The zero-order valence-electron chi connectivity index (χ0n) is 16.5. The highest BCUT2D eigenvalue weighted by Crippen LogP contribution is 2.35. The second-order valence-corrected chi connectivity index (χ2v) is 7.08. The van der Waals surface area contributed by atoms with Crippen molar-refractivity contribution in [2.75, 3.05) is 13.7 Å². The first-order chi connectivity index (χ1) is 14.1. The first-order valence-electron chi connectivity index (χ1n) is 9.59. The minimum Gasteiger partial charge on any atom is -0.493 e. The minimum absolute atomic E-state index is 0.194. The van der Waals surface area contributed by atoms with Crippen molar-refractivity contribution in [3.05, 3.63) is 59.7 Å². The van der Waals surface area contributed by atoms with E-state index in [1.54, 1.807) is 38.6 Å². The Labute approximate surface area is 169 Å². The van der Waals surface area contributed by atoms with Gasteiger partial charge in [0.15, 0.2) is 11.5 Å². The molecular formula is C22H23N3O4. The lowest BCUT2D eigenvalue weighted by Crippen LogP contribution is -2.24. The third-order valence-corrected chi connectivity index (χ3v) is 4.82. The van der Waals surface area contributed by atoms with Gasteiger partial charge < -0.3 is 19.2 Å². The predicted octanol–water partition coefficient (Wildman–Crippen LogP) is 3.77. The summed E-state index contributed by atoms with van der Waals surface area (Å²) in [7, 11) is 1.62. The maximum atomic E-state index is 12.3. The Hall–Kier alpha value is -3.35. The molecule has 0 aliphatic heterocycles. The minimum atomic E-state index is -0.194. The molecule has 2 heterocycles. The molecule has 1 aliphatic carbocycles. The van der Waals surface area contributed by atoms with Crippen molar-refractivity contribution >= 4 is 5.91 Å². The number of aromatic nitrogens is 2. The summed E-state index contributed by atoms with van der Waals surface area (Å²) in [4.78, 5) is 20.9. The smallest absolute Gasteiger partial charge is 0.253 e. The van der Waals surface area contributed by atoms with Gasteiger partial charge in [-0.15, -0.1) is 0 Å². The Kier molecular flexibility index (Phi) is 5.46. The van der Waals surface area contributed by atoms with E-state index in [1.807, 2.05) is 18.2 Å². The summed E-state index contributed by atoms with van der Waals surface area (Å²) >= 11 is 0. The van der Waals surface area contributed by atoms with E-state index < -0.39 is 0 Å². The van der Waals surface area contributed by atoms with Gasteiger partial charge in [0.1, 0.15) is 6.26 Å². The van der Waals surface area contributed by atoms with E-state index in [0.717, 1.165) is 5.56 Å². The average Bonchev–Trinajstić information content (AvgIpc) is 3.45. The van der Waals surface area contributed by atoms with E-state index in [1.165, 1.54) is 12.8 Å². The number of oxazole rings is 1. The molecule has 2 aromatic heterocycles. The van der Waals surface area contributed by atoms with E-state index in [-0.39, 0.29) is 12.5 Å². The van der Waals surface area contributed by atoms with Crippen molar-refractivity contribution in [1.29, 1.82) is 0 Å². The zero-order valence-corrected chi connectivity index (χ0v) is 16.5. The molecule has 7 heteroatoms. The van der Waals surface area contributed by atoms with Crippen LogP contribution in [-0.2, 0) is 6.54 Å². The molecule has 1 amide bonds. The highest BCUT2D eigenvalue weighted by Gasteiger charge is 2.23. The van der Waals surface area contributed by atoms with E-state index in [0.29, 0.717) is 46.9 Å². The number of carbonyl (C=O) groups excluding carboxylic acids is 1. The lowest BCUT2D eigenvalue weighted by molar-refractivity contribution is 0.0949. The number of rotatable bonds is 8. The lowest BCUT2D eigenvalue weighted by Gasteiger charge is -2.11. The van der Waals surface area contributed by atoms with Crippen molar-refractivity contribution in [1.82, 2.24) is 15.3 Å². The third kappa shape index (κ3) is 4.56. The van der Waals surface area contributed by atoms with Gasteiger partial charge in [0.05, 0.1) is 31.5 Å². The van der Waals surface area contributed by atoms with Crippen LogP contribution in [0.3, 0.4) is 0 Å². The molecule has 0 saturated heterocycles. The fraction of sp³-hybridized carbons (Fsp3) is 0.318. The van der Waals surface area contributed by atoms with Gasteiger partial charge in [-0.05, 0) is 56.0 Å². The molecule has 7 nitrogen and oxygen atoms in total. The van der Waals surface area contributed by atoms with Gasteiger partial charge in [0.25, 0.3) is 5.91 Å². The number of ether oxygens (including phenoxy) is 2. The molecule has 0 unspecified atom stereocenters. The quantitative estimate of drug-likeness (QED) is 0.627. The summed E-state index contributed by atoms with van der Waals surface area (Å²) in [5.41, 5.74) is 2.65. The Bertz CT molecular complexity index is 1010. The van der Waals surface area contributed by atoms with Crippen molar-refractivity contribution in [3.63, 3.8) is 0 Å².